The van der Waals surface area contributed by atoms with E-state index in [0.29, 0.717) is 16.5 Å². The summed E-state index contributed by atoms with van der Waals surface area (Å²) in [4.78, 5) is 23.1. The molecular weight excluding hydrogens is 314 g/mol. The lowest BCUT2D eigenvalue weighted by atomic mass is 10.1. The average Bonchev–Trinajstić information content (AvgIpc) is 2.86. The third-order valence-electron chi connectivity index (χ3n) is 3.26. The number of nitrogens with one attached hydrogen (secondary N) is 1. The molecule has 0 saturated heterocycles. The van der Waals surface area contributed by atoms with E-state index in [1.54, 1.807) is 23.7 Å². The Morgan fingerprint density at radius 2 is 1.96 bits per heavy atom. The number of aromatic nitrogens is 3. The quantitative estimate of drug-likeness (QED) is 0.773. The Balaban J connectivity index is 2.05. The van der Waals surface area contributed by atoms with E-state index >= 15 is 0 Å². The molecule has 122 valence electrons. The number of thioether (sulfide) groups is 1. The van der Waals surface area contributed by atoms with E-state index < -0.39 is 5.91 Å². The predicted molar refractivity (Wildman–Crippen MR) is 88.0 cm³/mol. The van der Waals surface area contributed by atoms with Crippen LogP contribution in [0.25, 0.3) is 0 Å². The molecule has 0 fully saturated rings. The predicted octanol–water partition coefficient (Wildman–Crippen LogP) is 1.19. The lowest BCUT2D eigenvalue weighted by Gasteiger charge is -2.13. The fourth-order valence-electron chi connectivity index (χ4n) is 2.01. The van der Waals surface area contributed by atoms with Gasteiger partial charge in [-0.2, -0.15) is 0 Å². The summed E-state index contributed by atoms with van der Waals surface area (Å²) < 4.78 is 1.74. The number of hydrogen-bond acceptors (Lipinski definition) is 5. The lowest BCUT2D eigenvalue weighted by molar-refractivity contribution is -0.115. The number of rotatable bonds is 6. The molecule has 0 bridgehead atoms. The van der Waals surface area contributed by atoms with Crippen LogP contribution < -0.4 is 11.1 Å². The molecule has 1 atom stereocenters. The largest absolute Gasteiger partial charge is 0.369 e. The van der Waals surface area contributed by atoms with Crippen molar-refractivity contribution in [3.8, 4) is 0 Å². The monoisotopic (exact) mass is 333 g/mol. The van der Waals surface area contributed by atoms with E-state index in [9.17, 15) is 9.59 Å². The molecule has 8 heteroatoms. The van der Waals surface area contributed by atoms with Gasteiger partial charge in [0.1, 0.15) is 0 Å². The van der Waals surface area contributed by atoms with E-state index in [1.165, 1.54) is 11.8 Å². The molecule has 0 unspecified atom stereocenters. The van der Waals surface area contributed by atoms with Crippen LogP contribution in [0.15, 0.2) is 29.4 Å². The molecule has 0 radical (unpaired) electrons. The number of carbonyl (C=O) groups is 2. The molecule has 1 aromatic carbocycles. The number of carbonyl (C=O) groups excluding carboxylic acids is 2. The number of aryl methyl sites for hydroxylation is 1. The lowest BCUT2D eigenvalue weighted by Crippen LogP contribution is -2.28. The van der Waals surface area contributed by atoms with Crippen LogP contribution in [0.1, 0.15) is 34.7 Å². The summed E-state index contributed by atoms with van der Waals surface area (Å²) in [6, 6.07) is 7.02. The van der Waals surface area contributed by atoms with E-state index in [2.05, 4.69) is 15.5 Å². The van der Waals surface area contributed by atoms with Gasteiger partial charge in [0, 0.05) is 12.6 Å². The maximum atomic E-state index is 12.2. The van der Waals surface area contributed by atoms with Crippen molar-refractivity contribution in [2.75, 3.05) is 5.75 Å². The maximum Gasteiger partial charge on any atom is 0.251 e. The topological polar surface area (TPSA) is 103 Å². The van der Waals surface area contributed by atoms with E-state index in [0.717, 1.165) is 5.56 Å². The first-order chi connectivity index (χ1) is 10.9. The Bertz CT molecular complexity index is 711. The van der Waals surface area contributed by atoms with Crippen LogP contribution in [0.5, 0.6) is 0 Å². The van der Waals surface area contributed by atoms with Crippen LogP contribution in [-0.2, 0) is 11.8 Å². The van der Waals surface area contributed by atoms with Crippen molar-refractivity contribution in [3.05, 3.63) is 41.2 Å². The summed E-state index contributed by atoms with van der Waals surface area (Å²) in [7, 11) is 1.78. The standard InChI is InChI=1S/C15H19N5O2S/c1-9-4-6-11(7-5-9)14(22)17-10(2)13-18-19-15(20(13)3)23-8-12(16)21/h4-7,10H,8H2,1-3H3,(H2,16,21)(H,17,22)/t10-/m0/s1. The fraction of sp³-hybridized carbons (Fsp3) is 0.333. The highest BCUT2D eigenvalue weighted by Crippen LogP contribution is 2.19. The summed E-state index contributed by atoms with van der Waals surface area (Å²) in [5.41, 5.74) is 6.81. The number of benzene rings is 1. The Morgan fingerprint density at radius 1 is 1.30 bits per heavy atom. The van der Waals surface area contributed by atoms with Gasteiger partial charge in [-0.25, -0.2) is 0 Å². The van der Waals surface area contributed by atoms with Crippen molar-refractivity contribution in [2.24, 2.45) is 12.8 Å². The van der Waals surface area contributed by atoms with Gasteiger partial charge < -0.3 is 15.6 Å². The molecule has 2 amide bonds. The number of nitrogens with zero attached hydrogens (tertiary/aromatic N) is 3. The molecular formula is C15H19N5O2S. The van der Waals surface area contributed by atoms with Gasteiger partial charge in [-0.3, -0.25) is 9.59 Å². The highest BCUT2D eigenvalue weighted by atomic mass is 32.2. The number of nitrogens with two attached hydrogens (primary N) is 1. The fourth-order valence-corrected chi connectivity index (χ4v) is 2.67. The molecule has 0 saturated carbocycles. The van der Waals surface area contributed by atoms with Gasteiger partial charge in [0.25, 0.3) is 5.91 Å². The van der Waals surface area contributed by atoms with E-state index in [4.69, 9.17) is 5.73 Å². The van der Waals surface area contributed by atoms with Crippen molar-refractivity contribution in [2.45, 2.75) is 25.0 Å². The molecule has 0 spiro atoms. The SMILES string of the molecule is Cc1ccc(C(=O)N[C@@H](C)c2nnc(SCC(N)=O)n2C)cc1. The third kappa shape index (κ3) is 4.32. The molecule has 0 aliphatic heterocycles. The average molecular weight is 333 g/mol. The molecule has 2 rings (SSSR count). The van der Waals surface area contributed by atoms with Crippen molar-refractivity contribution >= 4 is 23.6 Å². The molecule has 3 N–H and O–H groups in total. The highest BCUT2D eigenvalue weighted by molar-refractivity contribution is 7.99. The zero-order valence-electron chi connectivity index (χ0n) is 13.2. The summed E-state index contributed by atoms with van der Waals surface area (Å²) in [6.07, 6.45) is 0. The summed E-state index contributed by atoms with van der Waals surface area (Å²) in [5.74, 6) is 0.153. The van der Waals surface area contributed by atoms with E-state index in [-0.39, 0.29) is 17.7 Å². The molecule has 23 heavy (non-hydrogen) atoms. The smallest absolute Gasteiger partial charge is 0.251 e. The summed E-state index contributed by atoms with van der Waals surface area (Å²) in [5, 5.41) is 11.6. The van der Waals surface area contributed by atoms with Gasteiger partial charge in [-0.15, -0.1) is 10.2 Å². The molecule has 1 heterocycles. The van der Waals surface area contributed by atoms with Gasteiger partial charge in [-0.05, 0) is 26.0 Å². The van der Waals surface area contributed by atoms with Crippen LogP contribution in [0.3, 0.4) is 0 Å². The normalized spacial score (nSPS) is 12.0. The minimum absolute atomic E-state index is 0.135. The van der Waals surface area contributed by atoms with Crippen molar-refractivity contribution < 1.29 is 9.59 Å². The van der Waals surface area contributed by atoms with Crippen LogP contribution in [-0.4, -0.2) is 32.3 Å². The second-order valence-corrected chi connectivity index (χ2v) is 6.16. The molecule has 0 aliphatic rings. The van der Waals surface area contributed by atoms with Crippen LogP contribution in [0, 0.1) is 6.92 Å². The second kappa shape index (κ2) is 7.28. The molecule has 1 aromatic heterocycles. The van der Waals surface area contributed by atoms with Crippen molar-refractivity contribution in [3.63, 3.8) is 0 Å². The van der Waals surface area contributed by atoms with Crippen LogP contribution in [0.2, 0.25) is 0 Å². The minimum Gasteiger partial charge on any atom is -0.369 e. The summed E-state index contributed by atoms with van der Waals surface area (Å²) >= 11 is 1.21. The molecule has 0 aliphatic carbocycles. The van der Waals surface area contributed by atoms with Crippen LogP contribution in [0.4, 0.5) is 0 Å². The minimum atomic E-state index is -0.416. The Labute approximate surface area is 138 Å². The number of primary amides is 1. The Kier molecular flexibility index (Phi) is 5.38. The zero-order valence-corrected chi connectivity index (χ0v) is 14.1. The Morgan fingerprint density at radius 3 is 2.57 bits per heavy atom. The maximum absolute atomic E-state index is 12.2. The first-order valence-corrected chi connectivity index (χ1v) is 8.05. The van der Waals surface area contributed by atoms with Crippen molar-refractivity contribution in [1.82, 2.24) is 20.1 Å². The van der Waals surface area contributed by atoms with E-state index in [1.807, 2.05) is 26.0 Å². The zero-order chi connectivity index (χ0) is 17.0. The number of hydrogen-bond donors (Lipinski definition) is 2. The second-order valence-electron chi connectivity index (χ2n) is 5.22. The highest BCUT2D eigenvalue weighted by Gasteiger charge is 2.18. The van der Waals surface area contributed by atoms with Gasteiger partial charge in [-0.1, -0.05) is 29.5 Å². The van der Waals surface area contributed by atoms with Gasteiger partial charge in [0.05, 0.1) is 11.8 Å². The van der Waals surface area contributed by atoms with Gasteiger partial charge in [0.15, 0.2) is 11.0 Å². The third-order valence-corrected chi connectivity index (χ3v) is 4.30. The first kappa shape index (κ1) is 17.0. The van der Waals surface area contributed by atoms with Gasteiger partial charge in [0.2, 0.25) is 5.91 Å². The van der Waals surface area contributed by atoms with Gasteiger partial charge >= 0.3 is 0 Å². The summed E-state index contributed by atoms with van der Waals surface area (Å²) in [6.45, 7) is 3.80. The first-order valence-electron chi connectivity index (χ1n) is 7.06. The number of amides is 2. The van der Waals surface area contributed by atoms with Crippen molar-refractivity contribution in [1.29, 1.82) is 0 Å². The Hall–Kier alpha value is -2.35. The van der Waals surface area contributed by atoms with Crippen LogP contribution >= 0.6 is 11.8 Å². The molecule has 7 nitrogen and oxygen atoms in total. The molecule has 2 aromatic rings.